The summed E-state index contributed by atoms with van der Waals surface area (Å²) in [6, 6.07) is 0.612. The molecule has 0 aliphatic carbocycles. The van der Waals surface area contributed by atoms with Crippen molar-refractivity contribution in [1.82, 2.24) is 19.9 Å². The predicted molar refractivity (Wildman–Crippen MR) is 92.3 cm³/mol. The smallest absolute Gasteiger partial charge is 0.320 e. The van der Waals surface area contributed by atoms with Crippen molar-refractivity contribution in [2.45, 2.75) is 70.8 Å². The molecule has 1 fully saturated rings. The number of urea groups is 1. The van der Waals surface area contributed by atoms with E-state index in [1.165, 1.54) is 6.42 Å². The van der Waals surface area contributed by atoms with Crippen molar-refractivity contribution < 1.29 is 9.32 Å². The minimum absolute atomic E-state index is 0.0421. The van der Waals surface area contributed by atoms with Crippen molar-refractivity contribution in [3.63, 3.8) is 0 Å². The Balaban J connectivity index is 1.98. The monoisotopic (exact) mass is 340 g/mol. The molecule has 7 heteroatoms. The molecular weight excluding hydrogens is 312 g/mol. The maximum absolute atomic E-state index is 12.7. The van der Waals surface area contributed by atoms with Gasteiger partial charge in [-0.05, 0) is 45.8 Å². The van der Waals surface area contributed by atoms with Crippen LogP contribution in [0, 0.1) is 0 Å². The van der Waals surface area contributed by atoms with Crippen LogP contribution >= 0.6 is 11.8 Å². The third-order valence-corrected chi connectivity index (χ3v) is 5.42. The molecule has 3 atom stereocenters. The molecule has 1 aromatic rings. The highest BCUT2D eigenvalue weighted by molar-refractivity contribution is 7.99. The molecule has 2 rings (SSSR count). The first-order chi connectivity index (χ1) is 10.9. The second-order valence-corrected chi connectivity index (χ2v) is 7.94. The molecule has 1 aliphatic rings. The van der Waals surface area contributed by atoms with Gasteiger partial charge in [-0.2, -0.15) is 16.7 Å². The van der Waals surface area contributed by atoms with Crippen molar-refractivity contribution in [2.24, 2.45) is 0 Å². The van der Waals surface area contributed by atoms with Crippen LogP contribution in [-0.2, 0) is 6.54 Å². The first-order valence-electron chi connectivity index (χ1n) is 8.41. The minimum atomic E-state index is 0.0421. The Bertz CT molecular complexity index is 512. The fourth-order valence-electron chi connectivity index (χ4n) is 3.09. The summed E-state index contributed by atoms with van der Waals surface area (Å²) in [5.74, 6) is 2.21. The van der Waals surface area contributed by atoms with Gasteiger partial charge in [-0.3, -0.25) is 0 Å². The highest BCUT2D eigenvalue weighted by Gasteiger charge is 2.31. The number of thioether (sulfide) groups is 1. The van der Waals surface area contributed by atoms with E-state index in [2.05, 4.69) is 37.8 Å². The van der Waals surface area contributed by atoms with Gasteiger partial charge < -0.3 is 14.3 Å². The molecule has 130 valence electrons. The van der Waals surface area contributed by atoms with E-state index >= 15 is 0 Å². The molecule has 6 nitrogen and oxygen atoms in total. The largest absolute Gasteiger partial charge is 0.337 e. The highest BCUT2D eigenvalue weighted by atomic mass is 32.2. The van der Waals surface area contributed by atoms with Crippen molar-refractivity contribution in [3.8, 4) is 0 Å². The minimum Gasteiger partial charge on any atom is -0.337 e. The van der Waals surface area contributed by atoms with E-state index in [9.17, 15) is 4.79 Å². The first kappa shape index (κ1) is 18.1. The molecular formula is C16H28N4O2S. The molecule has 23 heavy (non-hydrogen) atoms. The second-order valence-electron chi connectivity index (χ2n) is 6.32. The lowest BCUT2D eigenvalue weighted by Gasteiger charge is -2.40. The number of nitrogens with zero attached hydrogens (tertiary/aromatic N) is 4. The Morgan fingerprint density at radius 3 is 2.70 bits per heavy atom. The zero-order valence-corrected chi connectivity index (χ0v) is 15.6. The molecule has 0 radical (unpaired) electrons. The van der Waals surface area contributed by atoms with Gasteiger partial charge >= 0.3 is 6.03 Å². The van der Waals surface area contributed by atoms with E-state index < -0.39 is 0 Å². The summed E-state index contributed by atoms with van der Waals surface area (Å²) < 4.78 is 5.31. The van der Waals surface area contributed by atoms with E-state index in [-0.39, 0.29) is 23.4 Å². The SMILES string of the molecule is CCS[C@H](C)c1noc(CN(C)C(=O)N2[C@H](C)CCC[C@H]2C)n1. The van der Waals surface area contributed by atoms with Crippen molar-refractivity contribution in [2.75, 3.05) is 12.8 Å². The fourth-order valence-corrected chi connectivity index (χ4v) is 3.83. The molecule has 1 aromatic heterocycles. The van der Waals surface area contributed by atoms with Gasteiger partial charge in [0, 0.05) is 19.1 Å². The van der Waals surface area contributed by atoms with Gasteiger partial charge in [0.2, 0.25) is 5.89 Å². The lowest BCUT2D eigenvalue weighted by Crippen LogP contribution is -2.52. The standard InChI is InChI=1S/C16H28N4O2S/c1-6-23-13(4)15-17-14(22-18-15)10-19(5)16(21)20-11(2)8-7-9-12(20)3/h11-13H,6-10H2,1-5H3/t11-,12-,13-/m1/s1. The van der Waals surface area contributed by atoms with E-state index in [1.807, 2.05) is 4.90 Å². The summed E-state index contributed by atoms with van der Waals surface area (Å²) >= 11 is 1.77. The Kier molecular flexibility index (Phi) is 6.33. The number of amides is 2. The quantitative estimate of drug-likeness (QED) is 0.818. The molecule has 1 saturated heterocycles. The maximum Gasteiger partial charge on any atom is 0.320 e. The van der Waals surface area contributed by atoms with E-state index in [0.29, 0.717) is 18.3 Å². The average Bonchev–Trinajstić information content (AvgIpc) is 2.95. The third-order valence-electron chi connectivity index (χ3n) is 4.38. The van der Waals surface area contributed by atoms with E-state index in [0.717, 1.165) is 18.6 Å². The van der Waals surface area contributed by atoms with Gasteiger partial charge in [0.15, 0.2) is 5.82 Å². The van der Waals surface area contributed by atoms with Crippen molar-refractivity contribution >= 4 is 17.8 Å². The summed E-state index contributed by atoms with van der Waals surface area (Å²) in [4.78, 5) is 20.8. The van der Waals surface area contributed by atoms with Crippen LogP contribution < -0.4 is 0 Å². The van der Waals surface area contributed by atoms with Crippen LogP contribution in [0.4, 0.5) is 4.79 Å². The zero-order chi connectivity index (χ0) is 17.0. The summed E-state index contributed by atoms with van der Waals surface area (Å²) in [7, 11) is 1.80. The van der Waals surface area contributed by atoms with Gasteiger partial charge in [0.05, 0.1) is 5.25 Å². The van der Waals surface area contributed by atoms with E-state index in [1.54, 1.807) is 23.7 Å². The maximum atomic E-state index is 12.7. The number of hydrogen-bond donors (Lipinski definition) is 0. The summed E-state index contributed by atoms with van der Waals surface area (Å²) in [5.41, 5.74) is 0. The molecule has 2 heterocycles. The first-order valence-corrected chi connectivity index (χ1v) is 9.46. The van der Waals surface area contributed by atoms with Crippen LogP contribution in [0.25, 0.3) is 0 Å². The molecule has 0 aromatic carbocycles. The number of carbonyl (C=O) groups is 1. The zero-order valence-electron chi connectivity index (χ0n) is 14.8. The number of likely N-dealkylation sites (tertiary alicyclic amines) is 1. The number of hydrogen-bond acceptors (Lipinski definition) is 5. The molecule has 0 saturated carbocycles. The van der Waals surface area contributed by atoms with Crippen molar-refractivity contribution in [1.29, 1.82) is 0 Å². The summed E-state index contributed by atoms with van der Waals surface area (Å²) in [5, 5.41) is 4.24. The van der Waals surface area contributed by atoms with Gasteiger partial charge in [0.25, 0.3) is 0 Å². The summed E-state index contributed by atoms with van der Waals surface area (Å²) in [6.07, 6.45) is 3.33. The number of piperidine rings is 1. The van der Waals surface area contributed by atoms with Crippen LogP contribution in [-0.4, -0.2) is 50.9 Å². The van der Waals surface area contributed by atoms with Gasteiger partial charge in [-0.15, -0.1) is 0 Å². The molecule has 0 N–H and O–H groups in total. The van der Waals surface area contributed by atoms with Crippen LogP contribution in [0.15, 0.2) is 4.52 Å². The van der Waals surface area contributed by atoms with Gasteiger partial charge in [0.1, 0.15) is 6.54 Å². The van der Waals surface area contributed by atoms with Crippen molar-refractivity contribution in [3.05, 3.63) is 11.7 Å². The molecule has 0 unspecified atom stereocenters. The van der Waals surface area contributed by atoms with Gasteiger partial charge in [-0.1, -0.05) is 12.1 Å². The van der Waals surface area contributed by atoms with Crippen LogP contribution in [0.3, 0.4) is 0 Å². The lowest BCUT2D eigenvalue weighted by atomic mass is 9.98. The normalized spacial score (nSPS) is 22.9. The topological polar surface area (TPSA) is 62.5 Å². The molecule has 0 spiro atoms. The van der Waals surface area contributed by atoms with Crippen LogP contribution in [0.5, 0.6) is 0 Å². The highest BCUT2D eigenvalue weighted by Crippen LogP contribution is 2.26. The van der Waals surface area contributed by atoms with Gasteiger partial charge in [-0.25, -0.2) is 4.79 Å². The summed E-state index contributed by atoms with van der Waals surface area (Å²) in [6.45, 7) is 8.77. The third kappa shape index (κ3) is 4.40. The Labute approximate surface area is 143 Å². The number of aromatic nitrogens is 2. The fraction of sp³-hybridized carbons (Fsp3) is 0.812. The van der Waals surface area contributed by atoms with Crippen LogP contribution in [0.1, 0.15) is 63.9 Å². The Morgan fingerprint density at radius 2 is 2.09 bits per heavy atom. The average molecular weight is 340 g/mol. The predicted octanol–water partition coefficient (Wildman–Crippen LogP) is 3.70. The Hall–Kier alpha value is -1.24. The van der Waals surface area contributed by atoms with E-state index in [4.69, 9.17) is 4.52 Å². The Morgan fingerprint density at radius 1 is 1.43 bits per heavy atom. The lowest BCUT2D eigenvalue weighted by molar-refractivity contribution is 0.0942. The molecule has 0 bridgehead atoms. The molecule has 1 aliphatic heterocycles. The van der Waals surface area contributed by atoms with Crippen LogP contribution in [0.2, 0.25) is 0 Å². The number of carbonyl (C=O) groups excluding carboxylic acids is 1. The molecule has 2 amide bonds. The second kappa shape index (κ2) is 8.04. The number of rotatable bonds is 5.